The molecular weight excluding hydrogens is 536 g/mol. The number of carboxylic acids is 1. The Morgan fingerprint density at radius 1 is 1.10 bits per heavy atom. The van der Waals surface area contributed by atoms with Gasteiger partial charge in [-0.3, -0.25) is 9.69 Å². The van der Waals surface area contributed by atoms with Crippen molar-refractivity contribution in [3.8, 4) is 11.1 Å². The summed E-state index contributed by atoms with van der Waals surface area (Å²) in [4.78, 5) is 27.7. The molecule has 7 nitrogen and oxygen atoms in total. The minimum Gasteiger partial charge on any atom is -0.480 e. The van der Waals surface area contributed by atoms with Gasteiger partial charge in [0.25, 0.3) is 5.91 Å². The summed E-state index contributed by atoms with van der Waals surface area (Å²) in [5.41, 5.74) is 4.44. The average molecular weight is 583 g/mol. The predicted octanol–water partition coefficient (Wildman–Crippen LogP) is 5.78. The number of hydrogen-bond donors (Lipinski definition) is 2. The minimum absolute atomic E-state index is 0.201. The number of nitrogens with zero attached hydrogens (tertiary/aromatic N) is 1. The van der Waals surface area contributed by atoms with Crippen molar-refractivity contribution in [1.82, 2.24) is 10.2 Å². The second-order valence-electron chi connectivity index (χ2n) is 11.6. The number of aliphatic carboxylic acids is 1. The Bertz CT molecular complexity index is 1150. The summed E-state index contributed by atoms with van der Waals surface area (Å²) in [7, 11) is 1.75. The standard InChI is InChI=1S/C33H46N2O5S/c1-23-9-7-8-12-28(23)30-17-25(13-14-29(30)32(36)34-31(33(37)38)15-16-41-3)19-35-20-27(18-26(35)22-39-2)40-21-24-10-5-4-6-11-24/h7-9,12-14,17,24,26-27,31H,4-6,10-11,15-16,18-22H2,1-3H3,(H,34,36)(H,37,38)/t26-,27+,31-/m0/s1. The molecule has 2 aromatic rings. The van der Waals surface area contributed by atoms with Gasteiger partial charge in [-0.15, -0.1) is 0 Å². The average Bonchev–Trinajstić information content (AvgIpc) is 3.35. The summed E-state index contributed by atoms with van der Waals surface area (Å²) in [6.07, 6.45) is 10.0. The molecule has 8 heteroatoms. The van der Waals surface area contributed by atoms with Crippen LogP contribution in [0.2, 0.25) is 0 Å². The van der Waals surface area contributed by atoms with Crippen molar-refractivity contribution in [2.75, 3.05) is 38.9 Å². The Kier molecular flexibility index (Phi) is 12.1. The molecule has 0 bridgehead atoms. The van der Waals surface area contributed by atoms with E-state index in [2.05, 4.69) is 16.3 Å². The van der Waals surface area contributed by atoms with Crippen LogP contribution in [0.15, 0.2) is 42.5 Å². The number of carbonyl (C=O) groups excluding carboxylic acids is 1. The van der Waals surface area contributed by atoms with E-state index in [1.165, 1.54) is 32.1 Å². The molecule has 0 unspecified atom stereocenters. The SMILES string of the molecule is COC[C@@H]1C[C@@H](OCC2CCCCC2)CN1Cc1ccc(C(=O)N[C@@H](CCSC)C(=O)O)c(-c2ccccc2C)c1. The quantitative estimate of drug-likeness (QED) is 0.292. The van der Waals surface area contributed by atoms with Crippen molar-refractivity contribution in [3.05, 3.63) is 59.2 Å². The monoisotopic (exact) mass is 582 g/mol. The fourth-order valence-electron chi connectivity index (χ4n) is 6.19. The second-order valence-corrected chi connectivity index (χ2v) is 12.6. The highest BCUT2D eigenvalue weighted by atomic mass is 32.2. The van der Waals surface area contributed by atoms with E-state index < -0.39 is 12.0 Å². The van der Waals surface area contributed by atoms with Gasteiger partial charge in [0.2, 0.25) is 0 Å². The van der Waals surface area contributed by atoms with Crippen molar-refractivity contribution >= 4 is 23.6 Å². The molecule has 3 atom stereocenters. The summed E-state index contributed by atoms with van der Waals surface area (Å²) in [6, 6.07) is 13.3. The third-order valence-electron chi connectivity index (χ3n) is 8.50. The highest BCUT2D eigenvalue weighted by molar-refractivity contribution is 7.98. The molecule has 1 saturated heterocycles. The van der Waals surface area contributed by atoms with Crippen LogP contribution in [0.4, 0.5) is 0 Å². The van der Waals surface area contributed by atoms with Crippen LogP contribution in [0.1, 0.15) is 66.4 Å². The largest absolute Gasteiger partial charge is 0.480 e. The third-order valence-corrected chi connectivity index (χ3v) is 9.15. The normalized spacial score (nSPS) is 20.7. The fraction of sp³-hybridized carbons (Fsp3) is 0.576. The van der Waals surface area contributed by atoms with E-state index in [9.17, 15) is 14.7 Å². The van der Waals surface area contributed by atoms with Gasteiger partial charge in [0.05, 0.1) is 12.7 Å². The van der Waals surface area contributed by atoms with Gasteiger partial charge >= 0.3 is 5.97 Å². The molecule has 0 spiro atoms. The van der Waals surface area contributed by atoms with Crippen LogP contribution in [-0.2, 0) is 20.8 Å². The lowest BCUT2D eigenvalue weighted by Gasteiger charge is -2.25. The molecule has 2 N–H and O–H groups in total. The van der Waals surface area contributed by atoms with Gasteiger partial charge in [-0.25, -0.2) is 4.79 Å². The predicted molar refractivity (Wildman–Crippen MR) is 166 cm³/mol. The van der Waals surface area contributed by atoms with Crippen molar-refractivity contribution < 1.29 is 24.2 Å². The molecule has 1 saturated carbocycles. The number of rotatable bonds is 14. The number of aryl methyl sites for hydroxylation is 1. The lowest BCUT2D eigenvalue weighted by Crippen LogP contribution is -2.41. The maximum absolute atomic E-state index is 13.4. The van der Waals surface area contributed by atoms with E-state index >= 15 is 0 Å². The zero-order valence-corrected chi connectivity index (χ0v) is 25.6. The first-order valence-corrected chi connectivity index (χ1v) is 16.3. The van der Waals surface area contributed by atoms with Gasteiger partial charge in [0.15, 0.2) is 0 Å². The maximum atomic E-state index is 13.4. The maximum Gasteiger partial charge on any atom is 0.326 e. The number of amides is 1. The Morgan fingerprint density at radius 3 is 2.59 bits per heavy atom. The van der Waals surface area contributed by atoms with E-state index in [1.54, 1.807) is 18.9 Å². The lowest BCUT2D eigenvalue weighted by atomic mass is 9.90. The van der Waals surface area contributed by atoms with Crippen molar-refractivity contribution in [2.24, 2.45) is 5.92 Å². The van der Waals surface area contributed by atoms with Crippen LogP contribution >= 0.6 is 11.8 Å². The van der Waals surface area contributed by atoms with Gasteiger partial charge < -0.3 is 19.9 Å². The number of carboxylic acid groups (broad SMARTS) is 1. The molecule has 0 aromatic heterocycles. The molecule has 1 aliphatic carbocycles. The smallest absolute Gasteiger partial charge is 0.326 e. The number of methoxy groups -OCH3 is 1. The zero-order chi connectivity index (χ0) is 29.2. The number of ether oxygens (including phenoxy) is 2. The van der Waals surface area contributed by atoms with Crippen molar-refractivity contribution in [2.45, 2.75) is 76.6 Å². The Labute approximate surface area is 249 Å². The molecule has 4 rings (SSSR count). The van der Waals surface area contributed by atoms with Gasteiger partial charge in [0, 0.05) is 38.4 Å². The Morgan fingerprint density at radius 2 is 1.88 bits per heavy atom. The van der Waals surface area contributed by atoms with E-state index in [0.717, 1.165) is 48.4 Å². The number of thioether (sulfide) groups is 1. The molecule has 1 amide bonds. The van der Waals surface area contributed by atoms with Crippen LogP contribution in [0.3, 0.4) is 0 Å². The second kappa shape index (κ2) is 15.7. The number of nitrogens with one attached hydrogen (secondary N) is 1. The van der Waals surface area contributed by atoms with E-state index in [0.29, 0.717) is 30.3 Å². The van der Waals surface area contributed by atoms with Crippen LogP contribution < -0.4 is 5.32 Å². The Balaban J connectivity index is 1.53. The highest BCUT2D eigenvalue weighted by Crippen LogP contribution is 2.31. The van der Waals surface area contributed by atoms with Crippen LogP contribution in [0.25, 0.3) is 11.1 Å². The summed E-state index contributed by atoms with van der Waals surface area (Å²) in [6.45, 7) is 5.13. The highest BCUT2D eigenvalue weighted by Gasteiger charge is 2.33. The van der Waals surface area contributed by atoms with Crippen LogP contribution in [-0.4, -0.2) is 78.9 Å². The molecule has 0 radical (unpaired) electrons. The van der Waals surface area contributed by atoms with E-state index in [4.69, 9.17) is 9.47 Å². The minimum atomic E-state index is -1.01. The molecule has 1 heterocycles. The first-order valence-electron chi connectivity index (χ1n) is 15.0. The molecule has 2 fully saturated rings. The molecular formula is C33H46N2O5S. The van der Waals surface area contributed by atoms with E-state index in [-0.39, 0.29) is 18.1 Å². The number of hydrogen-bond acceptors (Lipinski definition) is 6. The Hall–Kier alpha value is -2.39. The molecule has 2 aliphatic rings. The number of carbonyl (C=O) groups is 2. The van der Waals surface area contributed by atoms with Crippen molar-refractivity contribution in [3.63, 3.8) is 0 Å². The lowest BCUT2D eigenvalue weighted by molar-refractivity contribution is -0.139. The molecule has 2 aromatic carbocycles. The van der Waals surface area contributed by atoms with Crippen LogP contribution in [0, 0.1) is 12.8 Å². The van der Waals surface area contributed by atoms with Crippen LogP contribution in [0.5, 0.6) is 0 Å². The summed E-state index contributed by atoms with van der Waals surface area (Å²) < 4.78 is 12.0. The summed E-state index contributed by atoms with van der Waals surface area (Å²) >= 11 is 1.57. The van der Waals surface area contributed by atoms with Gasteiger partial charge in [-0.2, -0.15) is 11.8 Å². The van der Waals surface area contributed by atoms with Gasteiger partial charge in [-0.1, -0.05) is 49.6 Å². The molecule has 1 aliphatic heterocycles. The van der Waals surface area contributed by atoms with E-state index in [1.807, 2.05) is 49.6 Å². The van der Waals surface area contributed by atoms with Gasteiger partial charge in [-0.05, 0) is 84.9 Å². The molecule has 41 heavy (non-hydrogen) atoms. The first-order chi connectivity index (χ1) is 19.9. The van der Waals surface area contributed by atoms with Crippen molar-refractivity contribution in [1.29, 1.82) is 0 Å². The topological polar surface area (TPSA) is 88.1 Å². The number of benzene rings is 2. The first kappa shape index (κ1) is 31.5. The fourth-order valence-corrected chi connectivity index (χ4v) is 6.66. The van der Waals surface area contributed by atoms with Gasteiger partial charge in [0.1, 0.15) is 6.04 Å². The molecule has 224 valence electrons. The summed E-state index contributed by atoms with van der Waals surface area (Å²) in [5, 5.41) is 12.4. The number of likely N-dealkylation sites (tertiary alicyclic amines) is 1. The summed E-state index contributed by atoms with van der Waals surface area (Å²) in [5.74, 6) is -0.0293. The third kappa shape index (κ3) is 8.80. The zero-order valence-electron chi connectivity index (χ0n) is 24.8.